The number of rotatable bonds is 5. The van der Waals surface area contributed by atoms with Gasteiger partial charge in [0.25, 0.3) is 0 Å². The highest BCUT2D eigenvalue weighted by atomic mass is 35.5. The molecule has 0 fully saturated rings. The molecule has 1 heterocycles. The van der Waals surface area contributed by atoms with Crippen LogP contribution in [0.2, 0.25) is 5.02 Å². The number of nitrogen functional groups attached to an aromatic ring is 1. The van der Waals surface area contributed by atoms with Crippen molar-refractivity contribution in [2.24, 2.45) is 7.05 Å². The summed E-state index contributed by atoms with van der Waals surface area (Å²) in [4.78, 5) is 4.28. The molecule has 1 aromatic carbocycles. The fourth-order valence-corrected chi connectivity index (χ4v) is 3.48. The number of nitrogens with one attached hydrogen (secondary N) is 1. The number of nitrogens with two attached hydrogens (primary N) is 1. The molecule has 2 aromatic rings. The molecule has 2 rings (SSSR count). The second-order valence-electron chi connectivity index (χ2n) is 4.74. The molecule has 0 aliphatic heterocycles. The van der Waals surface area contributed by atoms with Crippen LogP contribution in [0.5, 0.6) is 0 Å². The number of imidazole rings is 1. The van der Waals surface area contributed by atoms with Gasteiger partial charge in [0.1, 0.15) is 5.82 Å². The normalized spacial score (nSPS) is 11.8. The van der Waals surface area contributed by atoms with E-state index in [9.17, 15) is 8.42 Å². The summed E-state index contributed by atoms with van der Waals surface area (Å²) in [5, 5.41) is 0.347. The van der Waals surface area contributed by atoms with Gasteiger partial charge in [-0.1, -0.05) is 11.6 Å². The zero-order valence-corrected chi connectivity index (χ0v) is 13.4. The molecule has 1 aromatic heterocycles. The minimum atomic E-state index is -3.62. The van der Waals surface area contributed by atoms with Crippen molar-refractivity contribution >= 4 is 27.3 Å². The van der Waals surface area contributed by atoms with E-state index in [0.717, 1.165) is 5.82 Å². The van der Waals surface area contributed by atoms with Crippen molar-refractivity contribution in [1.29, 1.82) is 0 Å². The summed E-state index contributed by atoms with van der Waals surface area (Å²) in [7, 11) is -1.76. The standard InChI is InChI=1S/C13H17ClN4O2S/c1-9-7-10(14)11(15)8-12(9)21(19,20)17-4-3-13-16-5-6-18(13)2/h5-8,17H,3-4,15H2,1-2H3. The Morgan fingerprint density at radius 3 is 2.76 bits per heavy atom. The van der Waals surface area contributed by atoms with Gasteiger partial charge in [-0.15, -0.1) is 0 Å². The van der Waals surface area contributed by atoms with Gasteiger partial charge in [0, 0.05) is 32.4 Å². The topological polar surface area (TPSA) is 90.0 Å². The second-order valence-corrected chi connectivity index (χ2v) is 6.88. The predicted molar refractivity (Wildman–Crippen MR) is 82.7 cm³/mol. The molecule has 0 amide bonds. The molecule has 3 N–H and O–H groups in total. The highest BCUT2D eigenvalue weighted by Crippen LogP contribution is 2.25. The Labute approximate surface area is 129 Å². The van der Waals surface area contributed by atoms with Crippen molar-refractivity contribution < 1.29 is 8.42 Å². The molecule has 0 saturated carbocycles. The minimum Gasteiger partial charge on any atom is -0.397 e. The van der Waals surface area contributed by atoms with Gasteiger partial charge in [-0.05, 0) is 24.6 Å². The zero-order valence-electron chi connectivity index (χ0n) is 11.8. The maximum absolute atomic E-state index is 12.3. The molecule has 6 nitrogen and oxygen atoms in total. The fourth-order valence-electron chi connectivity index (χ4n) is 1.97. The lowest BCUT2D eigenvalue weighted by Gasteiger charge is -2.11. The van der Waals surface area contributed by atoms with Gasteiger partial charge in [0.15, 0.2) is 0 Å². The number of benzene rings is 1. The lowest BCUT2D eigenvalue weighted by atomic mass is 10.2. The highest BCUT2D eigenvalue weighted by Gasteiger charge is 2.18. The van der Waals surface area contributed by atoms with Crippen molar-refractivity contribution in [3.8, 4) is 0 Å². The minimum absolute atomic E-state index is 0.143. The Kier molecular flexibility index (Phi) is 4.55. The zero-order chi connectivity index (χ0) is 15.6. The van der Waals surface area contributed by atoms with E-state index in [1.807, 2.05) is 17.8 Å². The van der Waals surface area contributed by atoms with Gasteiger partial charge in [0.05, 0.1) is 15.6 Å². The number of aromatic nitrogens is 2. The highest BCUT2D eigenvalue weighted by molar-refractivity contribution is 7.89. The van der Waals surface area contributed by atoms with Crippen LogP contribution < -0.4 is 10.5 Å². The van der Waals surface area contributed by atoms with E-state index >= 15 is 0 Å². The summed E-state index contributed by atoms with van der Waals surface area (Å²) in [6, 6.07) is 2.92. The van der Waals surface area contributed by atoms with Gasteiger partial charge in [0.2, 0.25) is 10.0 Å². The summed E-state index contributed by atoms with van der Waals surface area (Å²) >= 11 is 5.87. The van der Waals surface area contributed by atoms with Crippen LogP contribution >= 0.6 is 11.6 Å². The number of sulfonamides is 1. The summed E-state index contributed by atoms with van der Waals surface area (Å²) in [6.45, 7) is 1.94. The van der Waals surface area contributed by atoms with Crippen molar-refractivity contribution in [2.45, 2.75) is 18.2 Å². The predicted octanol–water partition coefficient (Wildman–Crippen LogP) is 1.49. The van der Waals surface area contributed by atoms with Crippen molar-refractivity contribution in [3.05, 3.63) is 40.9 Å². The van der Waals surface area contributed by atoms with E-state index in [-0.39, 0.29) is 17.1 Å². The van der Waals surface area contributed by atoms with Crippen LogP contribution in [0, 0.1) is 6.92 Å². The lowest BCUT2D eigenvalue weighted by Crippen LogP contribution is -2.27. The molecule has 0 aliphatic rings. The van der Waals surface area contributed by atoms with Crippen LogP contribution in [-0.4, -0.2) is 24.5 Å². The third-order valence-electron chi connectivity index (χ3n) is 3.15. The average Bonchev–Trinajstić information content (AvgIpc) is 2.79. The van der Waals surface area contributed by atoms with Crippen LogP contribution in [0.4, 0.5) is 5.69 Å². The molecular weight excluding hydrogens is 312 g/mol. The Bertz CT molecular complexity index is 756. The largest absolute Gasteiger partial charge is 0.397 e. The van der Waals surface area contributed by atoms with E-state index in [0.29, 0.717) is 17.0 Å². The molecule has 0 spiro atoms. The van der Waals surface area contributed by atoms with Gasteiger partial charge < -0.3 is 10.3 Å². The molecular formula is C13H17ClN4O2S. The quantitative estimate of drug-likeness (QED) is 0.814. The van der Waals surface area contributed by atoms with Crippen LogP contribution in [-0.2, 0) is 23.5 Å². The first-order valence-electron chi connectivity index (χ1n) is 6.33. The van der Waals surface area contributed by atoms with E-state index in [1.165, 1.54) is 6.07 Å². The smallest absolute Gasteiger partial charge is 0.240 e. The van der Waals surface area contributed by atoms with E-state index in [1.54, 1.807) is 19.2 Å². The Morgan fingerprint density at radius 1 is 1.43 bits per heavy atom. The molecule has 0 bridgehead atoms. The van der Waals surface area contributed by atoms with Crippen LogP contribution in [0.3, 0.4) is 0 Å². The number of nitrogens with zero attached hydrogens (tertiary/aromatic N) is 2. The number of hydrogen-bond acceptors (Lipinski definition) is 4. The summed E-state index contributed by atoms with van der Waals surface area (Å²) in [5.74, 6) is 0.810. The number of aryl methyl sites for hydroxylation is 2. The Balaban J connectivity index is 2.12. The third-order valence-corrected chi connectivity index (χ3v) is 5.08. The lowest BCUT2D eigenvalue weighted by molar-refractivity contribution is 0.579. The number of hydrogen-bond donors (Lipinski definition) is 2. The molecule has 21 heavy (non-hydrogen) atoms. The average molecular weight is 329 g/mol. The molecule has 114 valence electrons. The number of anilines is 1. The first kappa shape index (κ1) is 15.8. The first-order valence-corrected chi connectivity index (χ1v) is 8.19. The van der Waals surface area contributed by atoms with Crippen molar-refractivity contribution in [3.63, 3.8) is 0 Å². The summed E-state index contributed by atoms with van der Waals surface area (Å²) in [5.41, 5.74) is 6.47. The first-order chi connectivity index (χ1) is 9.81. The maximum Gasteiger partial charge on any atom is 0.240 e. The maximum atomic E-state index is 12.3. The van der Waals surface area contributed by atoms with E-state index in [2.05, 4.69) is 9.71 Å². The Hall–Kier alpha value is -1.57. The van der Waals surface area contributed by atoms with Gasteiger partial charge >= 0.3 is 0 Å². The Morgan fingerprint density at radius 2 is 2.14 bits per heavy atom. The molecule has 0 atom stereocenters. The molecule has 0 radical (unpaired) electrons. The van der Waals surface area contributed by atoms with Crippen LogP contribution in [0.15, 0.2) is 29.4 Å². The van der Waals surface area contributed by atoms with Crippen molar-refractivity contribution in [2.75, 3.05) is 12.3 Å². The van der Waals surface area contributed by atoms with E-state index < -0.39 is 10.0 Å². The SMILES string of the molecule is Cc1cc(Cl)c(N)cc1S(=O)(=O)NCCc1nccn1C. The van der Waals surface area contributed by atoms with Crippen LogP contribution in [0.1, 0.15) is 11.4 Å². The van der Waals surface area contributed by atoms with Gasteiger partial charge in [-0.2, -0.15) is 0 Å². The van der Waals surface area contributed by atoms with Crippen LogP contribution in [0.25, 0.3) is 0 Å². The van der Waals surface area contributed by atoms with E-state index in [4.69, 9.17) is 17.3 Å². The number of halogens is 1. The molecule has 8 heteroatoms. The fraction of sp³-hybridized carbons (Fsp3) is 0.308. The monoisotopic (exact) mass is 328 g/mol. The summed E-state index contributed by atoms with van der Waals surface area (Å²) in [6.07, 6.45) is 3.99. The third kappa shape index (κ3) is 3.55. The second kappa shape index (κ2) is 6.05. The van der Waals surface area contributed by atoms with Crippen molar-refractivity contribution in [1.82, 2.24) is 14.3 Å². The van der Waals surface area contributed by atoms with Gasteiger partial charge in [-0.3, -0.25) is 0 Å². The summed E-state index contributed by atoms with van der Waals surface area (Å²) < 4.78 is 29.0. The molecule has 0 aliphatic carbocycles. The van der Waals surface area contributed by atoms with Gasteiger partial charge in [-0.25, -0.2) is 18.1 Å². The molecule has 0 unspecified atom stereocenters. The molecule has 0 saturated heterocycles.